The van der Waals surface area contributed by atoms with Crippen LogP contribution in [0.15, 0.2) is 12.3 Å². The molecule has 0 spiro atoms. The molecule has 0 aliphatic rings. The second kappa shape index (κ2) is 4.81. The molecule has 0 aliphatic carbocycles. The van der Waals surface area contributed by atoms with Gasteiger partial charge in [0.05, 0.1) is 0 Å². The van der Waals surface area contributed by atoms with Crippen molar-refractivity contribution in [3.05, 3.63) is 12.3 Å². The smallest absolute Gasteiger partial charge is 0.0311 e. The first-order valence-corrected chi connectivity index (χ1v) is 6.34. The van der Waals surface area contributed by atoms with E-state index >= 15 is 0 Å². The number of rotatable bonds is 5. The molecule has 16 heavy (non-hydrogen) atoms. The van der Waals surface area contributed by atoms with E-state index in [1.165, 1.54) is 0 Å². The van der Waals surface area contributed by atoms with Gasteiger partial charge in [-0.25, -0.2) is 0 Å². The lowest BCUT2D eigenvalue weighted by atomic mass is 9.59. The van der Waals surface area contributed by atoms with Crippen molar-refractivity contribution >= 4 is 0 Å². The van der Waals surface area contributed by atoms with E-state index in [9.17, 15) is 0 Å². The van der Waals surface area contributed by atoms with Gasteiger partial charge in [0, 0.05) is 18.8 Å². The van der Waals surface area contributed by atoms with E-state index in [0.717, 1.165) is 5.70 Å². The topological polar surface area (TPSA) is 3.24 Å². The van der Waals surface area contributed by atoms with Gasteiger partial charge in [-0.2, -0.15) is 0 Å². The lowest BCUT2D eigenvalue weighted by Gasteiger charge is -2.51. The van der Waals surface area contributed by atoms with Crippen LogP contribution in [-0.4, -0.2) is 18.0 Å². The molecule has 0 N–H and O–H groups in total. The Hall–Kier alpha value is -0.460. The van der Waals surface area contributed by atoms with Gasteiger partial charge < -0.3 is 4.90 Å². The summed E-state index contributed by atoms with van der Waals surface area (Å²) in [5.74, 6) is 0.670. The molecule has 0 fully saturated rings. The average Bonchev–Trinajstić information content (AvgIpc) is 2.14. The molecule has 1 nitrogen and oxygen atoms in total. The lowest BCUT2D eigenvalue weighted by Crippen LogP contribution is -2.50. The first kappa shape index (κ1) is 15.5. The summed E-state index contributed by atoms with van der Waals surface area (Å²) >= 11 is 0. The molecule has 1 atom stereocenters. The largest absolute Gasteiger partial charge is 0.375 e. The van der Waals surface area contributed by atoms with Crippen LogP contribution in [0.1, 0.15) is 55.4 Å². The monoisotopic (exact) mass is 225 g/mol. The maximum Gasteiger partial charge on any atom is 0.0311 e. The third-order valence-electron chi connectivity index (χ3n) is 5.33. The van der Waals surface area contributed by atoms with E-state index < -0.39 is 0 Å². The van der Waals surface area contributed by atoms with Crippen molar-refractivity contribution in [2.24, 2.45) is 16.7 Å². The summed E-state index contributed by atoms with van der Waals surface area (Å²) in [6.45, 7) is 22.5. The van der Waals surface area contributed by atoms with Crippen LogP contribution in [-0.2, 0) is 0 Å². The highest BCUT2D eigenvalue weighted by atomic mass is 15.1. The Morgan fingerprint density at radius 3 is 1.62 bits per heavy atom. The van der Waals surface area contributed by atoms with Crippen LogP contribution in [0.3, 0.4) is 0 Å². The minimum Gasteiger partial charge on any atom is -0.375 e. The van der Waals surface area contributed by atoms with E-state index in [1.807, 2.05) is 0 Å². The van der Waals surface area contributed by atoms with Gasteiger partial charge in [-0.05, 0) is 30.6 Å². The number of hydrogen-bond acceptors (Lipinski definition) is 1. The van der Waals surface area contributed by atoms with Gasteiger partial charge >= 0.3 is 0 Å². The molecule has 0 aliphatic heterocycles. The van der Waals surface area contributed by atoms with E-state index in [2.05, 4.69) is 73.9 Å². The molecule has 0 saturated heterocycles. The predicted octanol–water partition coefficient (Wildman–Crippen LogP) is 4.55. The van der Waals surface area contributed by atoms with Crippen LogP contribution in [0.25, 0.3) is 0 Å². The fraction of sp³-hybridized carbons (Fsp3) is 0.867. The zero-order chi connectivity index (χ0) is 13.3. The zero-order valence-electron chi connectivity index (χ0n) is 12.8. The molecular formula is C15H31N. The van der Waals surface area contributed by atoms with Gasteiger partial charge in [0.15, 0.2) is 0 Å². The Kier molecular flexibility index (Phi) is 4.67. The predicted molar refractivity (Wildman–Crippen MR) is 74.4 cm³/mol. The van der Waals surface area contributed by atoms with E-state index in [0.29, 0.717) is 17.4 Å². The second-order valence-electron chi connectivity index (χ2n) is 6.62. The third kappa shape index (κ3) is 2.61. The van der Waals surface area contributed by atoms with Crippen molar-refractivity contribution in [2.45, 2.75) is 61.4 Å². The maximum absolute atomic E-state index is 4.04. The molecule has 0 aromatic heterocycles. The Bertz CT molecular complexity index is 248. The Morgan fingerprint density at radius 1 is 1.00 bits per heavy atom. The molecule has 0 radical (unpaired) electrons. The van der Waals surface area contributed by atoms with E-state index in [-0.39, 0.29) is 5.41 Å². The number of nitrogens with zero attached hydrogens (tertiary/aromatic N) is 1. The Morgan fingerprint density at radius 2 is 1.38 bits per heavy atom. The lowest BCUT2D eigenvalue weighted by molar-refractivity contribution is -0.00663. The highest BCUT2D eigenvalue weighted by Crippen LogP contribution is 2.48. The summed E-state index contributed by atoms with van der Waals surface area (Å²) < 4.78 is 0. The SMILES string of the molecule is C=C(C)N(C)C(C)C(C)(C)C(C)(C)C(C)C. The van der Waals surface area contributed by atoms with Crippen LogP contribution in [0.2, 0.25) is 0 Å². The average molecular weight is 225 g/mol. The van der Waals surface area contributed by atoms with Crippen molar-refractivity contribution in [2.75, 3.05) is 7.05 Å². The molecule has 0 aromatic rings. The normalized spacial score (nSPS) is 15.1. The van der Waals surface area contributed by atoms with Gasteiger partial charge in [0.1, 0.15) is 0 Å². The fourth-order valence-electron chi connectivity index (χ4n) is 2.10. The summed E-state index contributed by atoms with van der Waals surface area (Å²) in [5, 5.41) is 0. The van der Waals surface area contributed by atoms with Gasteiger partial charge in [-0.1, -0.05) is 48.1 Å². The molecule has 1 heteroatoms. The van der Waals surface area contributed by atoms with Gasteiger partial charge in [-0.15, -0.1) is 0 Å². The van der Waals surface area contributed by atoms with Crippen molar-refractivity contribution in [3.63, 3.8) is 0 Å². The summed E-state index contributed by atoms with van der Waals surface area (Å²) in [7, 11) is 2.14. The second-order valence-corrected chi connectivity index (χ2v) is 6.62. The molecule has 0 rings (SSSR count). The summed E-state index contributed by atoms with van der Waals surface area (Å²) in [4.78, 5) is 2.30. The van der Waals surface area contributed by atoms with Crippen LogP contribution in [0.5, 0.6) is 0 Å². The summed E-state index contributed by atoms with van der Waals surface area (Å²) in [6, 6.07) is 0.488. The highest BCUT2D eigenvalue weighted by molar-refractivity contribution is 5.00. The minimum absolute atomic E-state index is 0.245. The van der Waals surface area contributed by atoms with Crippen molar-refractivity contribution < 1.29 is 0 Å². The van der Waals surface area contributed by atoms with E-state index in [4.69, 9.17) is 0 Å². The van der Waals surface area contributed by atoms with Gasteiger partial charge in [0.25, 0.3) is 0 Å². The molecule has 0 aromatic carbocycles. The van der Waals surface area contributed by atoms with Crippen molar-refractivity contribution in [3.8, 4) is 0 Å². The standard InChI is InChI=1S/C15H31N/c1-11(2)14(6,7)15(8,9)13(5)16(10)12(3)4/h11,13H,3H2,1-2,4-10H3. The van der Waals surface area contributed by atoms with Crippen LogP contribution in [0, 0.1) is 16.7 Å². The first-order chi connectivity index (χ1) is 6.96. The highest BCUT2D eigenvalue weighted by Gasteiger charge is 2.44. The van der Waals surface area contributed by atoms with Crippen LogP contribution >= 0.6 is 0 Å². The maximum atomic E-state index is 4.04. The molecule has 1 unspecified atom stereocenters. The van der Waals surface area contributed by atoms with Crippen molar-refractivity contribution in [1.82, 2.24) is 4.90 Å². The molecule has 0 saturated carbocycles. The van der Waals surface area contributed by atoms with Crippen LogP contribution < -0.4 is 0 Å². The van der Waals surface area contributed by atoms with Gasteiger partial charge in [-0.3, -0.25) is 0 Å². The number of hydrogen-bond donors (Lipinski definition) is 0. The minimum atomic E-state index is 0.245. The first-order valence-electron chi connectivity index (χ1n) is 6.34. The molecule has 0 bridgehead atoms. The Labute approximate surface area is 103 Å². The number of allylic oxidation sites excluding steroid dienone is 1. The molecule has 0 heterocycles. The zero-order valence-corrected chi connectivity index (χ0v) is 12.8. The molecule has 96 valence electrons. The third-order valence-corrected chi connectivity index (χ3v) is 5.33. The van der Waals surface area contributed by atoms with E-state index in [1.54, 1.807) is 0 Å². The summed E-state index contributed by atoms with van der Waals surface area (Å²) in [5.41, 5.74) is 1.69. The fourth-order valence-corrected chi connectivity index (χ4v) is 2.10. The molecule has 0 amide bonds. The molecular weight excluding hydrogens is 194 g/mol. The summed E-state index contributed by atoms with van der Waals surface area (Å²) in [6.07, 6.45) is 0. The van der Waals surface area contributed by atoms with Gasteiger partial charge in [0.2, 0.25) is 0 Å². The van der Waals surface area contributed by atoms with Crippen molar-refractivity contribution in [1.29, 1.82) is 0 Å². The quantitative estimate of drug-likeness (QED) is 0.663. The Balaban J connectivity index is 5.12. The van der Waals surface area contributed by atoms with Crippen LogP contribution in [0.4, 0.5) is 0 Å².